The number of aromatic nitrogens is 2. The van der Waals surface area contributed by atoms with Crippen molar-refractivity contribution < 1.29 is 9.53 Å². The molecule has 0 radical (unpaired) electrons. The topological polar surface area (TPSA) is 77.3 Å². The first-order valence-electron chi connectivity index (χ1n) is 8.18. The summed E-state index contributed by atoms with van der Waals surface area (Å²) in [7, 11) is 3.29. The van der Waals surface area contributed by atoms with E-state index in [9.17, 15) is 9.59 Å². The summed E-state index contributed by atoms with van der Waals surface area (Å²) in [6, 6.07) is 13.5. The fourth-order valence-electron chi connectivity index (χ4n) is 2.70. The van der Waals surface area contributed by atoms with Crippen molar-refractivity contribution in [3.8, 4) is 11.4 Å². The van der Waals surface area contributed by atoms with Crippen molar-refractivity contribution >= 4 is 29.0 Å². The summed E-state index contributed by atoms with van der Waals surface area (Å²) in [5, 5.41) is 5.59. The molecule has 0 spiro atoms. The number of halogens is 1. The standard InChI is InChI=1S/C19H19ClN4O3/c1-12-17(18(25)24(23(12)2)13-7-5-4-6-8-13)22-19(26)21-16-10-9-14(27-3)11-15(16)20/h4-11H,1-3H3,(H2,21,22,26). The third-order valence-electron chi connectivity index (χ3n) is 4.22. The van der Waals surface area contributed by atoms with Crippen LogP contribution in [-0.2, 0) is 7.05 Å². The number of carbonyl (C=O) groups is 1. The summed E-state index contributed by atoms with van der Waals surface area (Å²) >= 11 is 6.13. The predicted octanol–water partition coefficient (Wildman–Crippen LogP) is 3.79. The lowest BCUT2D eigenvalue weighted by Crippen LogP contribution is -2.25. The molecule has 7 nitrogen and oxygen atoms in total. The molecule has 3 aromatic rings. The van der Waals surface area contributed by atoms with Crippen LogP contribution in [0.4, 0.5) is 16.2 Å². The number of benzene rings is 2. The van der Waals surface area contributed by atoms with Gasteiger partial charge in [-0.25, -0.2) is 9.48 Å². The molecule has 27 heavy (non-hydrogen) atoms. The molecule has 0 saturated carbocycles. The van der Waals surface area contributed by atoms with Gasteiger partial charge in [0.15, 0.2) is 0 Å². The largest absolute Gasteiger partial charge is 0.497 e. The van der Waals surface area contributed by atoms with E-state index < -0.39 is 6.03 Å². The molecule has 0 aliphatic carbocycles. The Bertz CT molecular complexity index is 1040. The van der Waals surface area contributed by atoms with Gasteiger partial charge in [-0.2, -0.15) is 0 Å². The van der Waals surface area contributed by atoms with Crippen LogP contribution in [0.1, 0.15) is 5.69 Å². The number of urea groups is 1. The van der Waals surface area contributed by atoms with Gasteiger partial charge in [0.2, 0.25) is 0 Å². The Kier molecular flexibility index (Phi) is 5.23. The van der Waals surface area contributed by atoms with Gasteiger partial charge in [-0.1, -0.05) is 29.8 Å². The highest BCUT2D eigenvalue weighted by Crippen LogP contribution is 2.26. The van der Waals surface area contributed by atoms with Crippen molar-refractivity contribution in [2.75, 3.05) is 17.7 Å². The van der Waals surface area contributed by atoms with Crippen LogP contribution in [0.5, 0.6) is 5.75 Å². The molecule has 3 rings (SSSR count). The number of hydrogen-bond acceptors (Lipinski definition) is 3. The summed E-state index contributed by atoms with van der Waals surface area (Å²) in [5.41, 5.74) is 1.62. The lowest BCUT2D eigenvalue weighted by molar-refractivity contribution is 0.262. The number of nitrogens with one attached hydrogen (secondary N) is 2. The first kappa shape index (κ1) is 18.6. The number of para-hydroxylation sites is 1. The second kappa shape index (κ2) is 7.59. The average molecular weight is 387 g/mol. The van der Waals surface area contributed by atoms with Crippen LogP contribution in [0, 0.1) is 6.92 Å². The van der Waals surface area contributed by atoms with Crippen molar-refractivity contribution in [3.63, 3.8) is 0 Å². The zero-order chi connectivity index (χ0) is 19.6. The van der Waals surface area contributed by atoms with E-state index in [0.29, 0.717) is 27.8 Å². The van der Waals surface area contributed by atoms with Crippen LogP contribution in [0.2, 0.25) is 5.02 Å². The van der Waals surface area contributed by atoms with Crippen LogP contribution in [0.25, 0.3) is 5.69 Å². The molecule has 1 aromatic heterocycles. The molecule has 2 amide bonds. The Morgan fingerprint density at radius 1 is 1.11 bits per heavy atom. The zero-order valence-corrected chi connectivity index (χ0v) is 15.9. The van der Waals surface area contributed by atoms with Crippen LogP contribution < -0.4 is 20.9 Å². The third kappa shape index (κ3) is 3.68. The lowest BCUT2D eigenvalue weighted by atomic mass is 10.3. The van der Waals surface area contributed by atoms with Crippen molar-refractivity contribution in [1.82, 2.24) is 9.36 Å². The smallest absolute Gasteiger partial charge is 0.323 e. The molecule has 1 heterocycles. The molecular formula is C19H19ClN4O3. The number of methoxy groups -OCH3 is 1. The summed E-state index contributed by atoms with van der Waals surface area (Å²) in [4.78, 5) is 25.2. The average Bonchev–Trinajstić information content (AvgIpc) is 2.87. The first-order valence-corrected chi connectivity index (χ1v) is 8.55. The third-order valence-corrected chi connectivity index (χ3v) is 4.53. The van der Waals surface area contributed by atoms with Crippen LogP contribution >= 0.6 is 11.6 Å². The van der Waals surface area contributed by atoms with Crippen molar-refractivity contribution in [2.24, 2.45) is 7.05 Å². The number of carbonyl (C=O) groups excluding carboxylic acids is 1. The summed E-state index contributed by atoms with van der Waals surface area (Å²) in [6.45, 7) is 1.76. The van der Waals surface area contributed by atoms with Crippen LogP contribution in [-0.4, -0.2) is 22.5 Å². The molecule has 0 aliphatic rings. The van der Waals surface area contributed by atoms with Crippen LogP contribution in [0.15, 0.2) is 53.3 Å². The molecule has 0 fully saturated rings. The minimum atomic E-state index is -0.562. The van der Waals surface area contributed by atoms with E-state index in [2.05, 4.69) is 10.6 Å². The van der Waals surface area contributed by atoms with Gasteiger partial charge < -0.3 is 15.4 Å². The number of rotatable bonds is 4. The highest BCUT2D eigenvalue weighted by atomic mass is 35.5. The molecule has 2 aromatic carbocycles. The van der Waals surface area contributed by atoms with E-state index in [1.165, 1.54) is 11.8 Å². The highest BCUT2D eigenvalue weighted by molar-refractivity contribution is 6.34. The van der Waals surface area contributed by atoms with Gasteiger partial charge in [-0.3, -0.25) is 9.48 Å². The number of nitrogens with zero attached hydrogens (tertiary/aromatic N) is 2. The molecule has 0 unspecified atom stereocenters. The Morgan fingerprint density at radius 3 is 2.44 bits per heavy atom. The first-order chi connectivity index (χ1) is 12.9. The fourth-order valence-corrected chi connectivity index (χ4v) is 2.92. The normalized spacial score (nSPS) is 10.5. The minimum absolute atomic E-state index is 0.198. The maximum absolute atomic E-state index is 12.8. The monoisotopic (exact) mass is 386 g/mol. The van der Waals surface area contributed by atoms with Crippen molar-refractivity contribution in [2.45, 2.75) is 6.92 Å². The quantitative estimate of drug-likeness (QED) is 0.716. The summed E-state index contributed by atoms with van der Waals surface area (Å²) in [5.74, 6) is 0.579. The van der Waals surface area contributed by atoms with Gasteiger partial charge in [0.25, 0.3) is 5.56 Å². The Balaban J connectivity index is 1.86. The van der Waals surface area contributed by atoms with Crippen molar-refractivity contribution in [1.29, 1.82) is 0 Å². The fraction of sp³-hybridized carbons (Fsp3) is 0.158. The maximum Gasteiger partial charge on any atom is 0.323 e. The molecule has 8 heteroatoms. The maximum atomic E-state index is 12.8. The molecule has 0 saturated heterocycles. The van der Waals surface area contributed by atoms with Gasteiger partial charge >= 0.3 is 6.03 Å². The molecule has 0 bridgehead atoms. The molecule has 0 atom stereocenters. The Morgan fingerprint density at radius 2 is 1.81 bits per heavy atom. The SMILES string of the molecule is COc1ccc(NC(=O)Nc2c(C)n(C)n(-c3ccccc3)c2=O)c(Cl)c1. The minimum Gasteiger partial charge on any atom is -0.497 e. The molecular weight excluding hydrogens is 368 g/mol. The second-order valence-corrected chi connectivity index (χ2v) is 6.27. The number of hydrogen-bond donors (Lipinski definition) is 2. The van der Waals surface area contributed by atoms with E-state index in [1.54, 1.807) is 36.9 Å². The molecule has 0 aliphatic heterocycles. The number of ether oxygens (including phenoxy) is 1. The van der Waals surface area contributed by atoms with E-state index in [-0.39, 0.29) is 11.2 Å². The van der Waals surface area contributed by atoms with E-state index in [0.717, 1.165) is 0 Å². The number of anilines is 2. The predicted molar refractivity (Wildman–Crippen MR) is 106 cm³/mol. The molecule has 2 N–H and O–H groups in total. The lowest BCUT2D eigenvalue weighted by Gasteiger charge is -2.09. The van der Waals surface area contributed by atoms with Gasteiger partial charge in [-0.15, -0.1) is 0 Å². The summed E-state index contributed by atoms with van der Waals surface area (Å²) < 4.78 is 8.26. The molecule has 140 valence electrons. The van der Waals surface area contributed by atoms with E-state index in [1.807, 2.05) is 30.3 Å². The van der Waals surface area contributed by atoms with Crippen LogP contribution in [0.3, 0.4) is 0 Å². The van der Waals surface area contributed by atoms with Gasteiger partial charge in [0.05, 0.1) is 29.2 Å². The van der Waals surface area contributed by atoms with Gasteiger partial charge in [0, 0.05) is 13.1 Å². The van der Waals surface area contributed by atoms with Gasteiger partial charge in [0.1, 0.15) is 11.4 Å². The van der Waals surface area contributed by atoms with Gasteiger partial charge in [-0.05, 0) is 31.2 Å². The Hall–Kier alpha value is -3.19. The highest BCUT2D eigenvalue weighted by Gasteiger charge is 2.18. The summed E-state index contributed by atoms with van der Waals surface area (Å²) in [6.07, 6.45) is 0. The van der Waals surface area contributed by atoms with E-state index in [4.69, 9.17) is 16.3 Å². The Labute approximate surface area is 161 Å². The van der Waals surface area contributed by atoms with Crippen molar-refractivity contribution in [3.05, 3.63) is 69.6 Å². The number of amides is 2. The van der Waals surface area contributed by atoms with E-state index >= 15 is 0 Å². The second-order valence-electron chi connectivity index (χ2n) is 5.86. The zero-order valence-electron chi connectivity index (χ0n) is 15.1.